The van der Waals surface area contributed by atoms with Crippen LogP contribution in [0.2, 0.25) is 0 Å². The number of aliphatic hydroxyl groups is 1. The third kappa shape index (κ3) is 5.47. The van der Waals surface area contributed by atoms with Crippen molar-refractivity contribution in [1.29, 1.82) is 0 Å². The van der Waals surface area contributed by atoms with Crippen LogP contribution in [0.25, 0.3) is 0 Å². The van der Waals surface area contributed by atoms with Crippen LogP contribution in [0.1, 0.15) is 46.5 Å². The van der Waals surface area contributed by atoms with Crippen molar-refractivity contribution in [2.24, 2.45) is 0 Å². The number of carboxylic acid groups (broad SMARTS) is 2. The number of allylic oxidation sites excluding steroid dienone is 2. The fraction of sp³-hybridized carbons (Fsp3) is 0.733. The zero-order chi connectivity index (χ0) is 16.5. The maximum absolute atomic E-state index is 11.3. The number of aliphatic carboxylic acids is 2. The Balaban J connectivity index is 4.87. The molecular weight excluding hydrogens is 274 g/mol. The Morgan fingerprint density at radius 2 is 1.81 bits per heavy atom. The first-order valence-corrected chi connectivity index (χ1v) is 7.35. The molecule has 21 heavy (non-hydrogen) atoms. The number of hydrogen-bond acceptors (Lipinski definition) is 4. The number of carbonyl (C=O) groups excluding carboxylic acids is 1. The number of nitrogens with zero attached hydrogens (tertiary/aromatic N) is 1. The van der Waals surface area contributed by atoms with Gasteiger partial charge in [0.1, 0.15) is 6.04 Å². The molecule has 3 unspecified atom stereocenters. The summed E-state index contributed by atoms with van der Waals surface area (Å²) in [5.41, 5.74) is 0. The number of hydrogen-bond donors (Lipinski definition) is 2. The molecule has 0 rings (SSSR count). The van der Waals surface area contributed by atoms with Crippen LogP contribution in [0, 0.1) is 0 Å². The van der Waals surface area contributed by atoms with E-state index in [2.05, 4.69) is 6.08 Å². The molecule has 2 N–H and O–H groups in total. The van der Waals surface area contributed by atoms with Crippen LogP contribution >= 0.6 is 0 Å². The fourth-order valence-corrected chi connectivity index (χ4v) is 2.48. The van der Waals surface area contributed by atoms with Gasteiger partial charge in [0.05, 0.1) is 12.5 Å². The number of quaternary nitrogens is 1. The highest BCUT2D eigenvalue weighted by molar-refractivity contribution is 5.73. The van der Waals surface area contributed by atoms with Gasteiger partial charge in [0.25, 0.3) is 0 Å². The van der Waals surface area contributed by atoms with Gasteiger partial charge in [0.15, 0.2) is 12.8 Å². The van der Waals surface area contributed by atoms with Gasteiger partial charge in [-0.15, -0.1) is 0 Å². The van der Waals surface area contributed by atoms with E-state index in [9.17, 15) is 24.9 Å². The van der Waals surface area contributed by atoms with Gasteiger partial charge in [-0.05, 0) is 46.5 Å². The Labute approximate surface area is 126 Å². The second kappa shape index (κ2) is 9.52. The zero-order valence-electron chi connectivity index (χ0n) is 13.1. The molecule has 0 saturated carbocycles. The minimum atomic E-state index is -1.34. The Morgan fingerprint density at radius 1 is 1.19 bits per heavy atom. The molecule has 6 nitrogen and oxygen atoms in total. The van der Waals surface area contributed by atoms with Crippen molar-refractivity contribution in [1.82, 2.24) is 0 Å². The first kappa shape index (κ1) is 19.6. The molecular formula is C15H27NO5. The molecule has 0 spiro atoms. The quantitative estimate of drug-likeness (QED) is 0.251. The SMILES string of the molecule is C/C=C/CCCCC[N+](CO)(C(C)C(=O)[O-])C(C)C(=O)O. The summed E-state index contributed by atoms with van der Waals surface area (Å²) in [6.07, 6.45) is 7.44. The number of carbonyl (C=O) groups is 2. The number of aliphatic hydroxyl groups excluding tert-OH is 1. The molecule has 0 saturated heterocycles. The molecule has 0 radical (unpaired) electrons. The Morgan fingerprint density at radius 3 is 2.24 bits per heavy atom. The summed E-state index contributed by atoms with van der Waals surface area (Å²) in [5, 5.41) is 30.0. The summed E-state index contributed by atoms with van der Waals surface area (Å²) in [7, 11) is 0. The van der Waals surface area contributed by atoms with Gasteiger partial charge in [-0.1, -0.05) is 12.2 Å². The molecule has 122 valence electrons. The van der Waals surface area contributed by atoms with Gasteiger partial charge in [0.2, 0.25) is 0 Å². The van der Waals surface area contributed by atoms with Crippen LogP contribution < -0.4 is 5.11 Å². The zero-order valence-corrected chi connectivity index (χ0v) is 13.1. The molecule has 0 fully saturated rings. The van der Waals surface area contributed by atoms with E-state index in [-0.39, 0.29) is 0 Å². The largest absolute Gasteiger partial charge is 0.544 e. The Hall–Kier alpha value is -1.40. The van der Waals surface area contributed by atoms with Crippen molar-refractivity contribution < 1.29 is 29.4 Å². The minimum Gasteiger partial charge on any atom is -0.544 e. The summed E-state index contributed by atoms with van der Waals surface area (Å²) >= 11 is 0. The van der Waals surface area contributed by atoms with Crippen LogP contribution in [0.15, 0.2) is 12.2 Å². The molecule has 0 aliphatic rings. The predicted molar refractivity (Wildman–Crippen MR) is 77.1 cm³/mol. The van der Waals surface area contributed by atoms with Gasteiger partial charge in [-0.3, -0.25) is 4.48 Å². The fourth-order valence-electron chi connectivity index (χ4n) is 2.48. The standard InChI is InChI=1S/C15H27NO5/c1-4-5-6-7-8-9-10-16(11-17,12(2)14(18)19)13(3)15(20)21/h4-5,12-13,17H,6-11H2,1-3H3,(H-,18,19,20,21)/b5-4+. The van der Waals surface area contributed by atoms with Gasteiger partial charge >= 0.3 is 5.97 Å². The third-order valence-electron chi connectivity index (χ3n) is 4.19. The molecule has 0 aromatic rings. The van der Waals surface area contributed by atoms with Crippen molar-refractivity contribution in [2.75, 3.05) is 13.3 Å². The van der Waals surface area contributed by atoms with E-state index in [1.165, 1.54) is 13.8 Å². The van der Waals surface area contributed by atoms with Crippen LogP contribution in [-0.4, -0.2) is 52.0 Å². The van der Waals surface area contributed by atoms with E-state index in [1.54, 1.807) is 0 Å². The molecule has 0 aromatic heterocycles. The molecule has 0 amide bonds. The second-order valence-electron chi connectivity index (χ2n) is 5.40. The lowest BCUT2D eigenvalue weighted by Crippen LogP contribution is -2.67. The van der Waals surface area contributed by atoms with E-state index >= 15 is 0 Å². The van der Waals surface area contributed by atoms with E-state index in [0.717, 1.165) is 19.3 Å². The normalized spacial score (nSPS) is 17.3. The minimum absolute atomic E-state index is 0.301. The van der Waals surface area contributed by atoms with E-state index in [1.807, 2.05) is 13.0 Å². The average molecular weight is 301 g/mol. The molecule has 0 bridgehead atoms. The van der Waals surface area contributed by atoms with Gasteiger partial charge in [-0.2, -0.15) is 0 Å². The van der Waals surface area contributed by atoms with Crippen molar-refractivity contribution in [2.45, 2.75) is 58.5 Å². The lowest BCUT2D eigenvalue weighted by Gasteiger charge is -2.45. The molecule has 0 aliphatic heterocycles. The van der Waals surface area contributed by atoms with E-state index in [0.29, 0.717) is 13.0 Å². The summed E-state index contributed by atoms with van der Waals surface area (Å²) in [6, 6.07) is -2.07. The molecule has 0 aliphatic carbocycles. The molecule has 0 aromatic carbocycles. The van der Waals surface area contributed by atoms with Crippen LogP contribution in [0.4, 0.5) is 0 Å². The lowest BCUT2D eigenvalue weighted by atomic mass is 10.1. The van der Waals surface area contributed by atoms with Gasteiger partial charge in [0, 0.05) is 0 Å². The third-order valence-corrected chi connectivity index (χ3v) is 4.19. The summed E-state index contributed by atoms with van der Waals surface area (Å²) < 4.78 is -0.402. The Kier molecular flexibility index (Phi) is 8.89. The molecule has 0 heterocycles. The topological polar surface area (TPSA) is 97.7 Å². The van der Waals surface area contributed by atoms with Gasteiger partial charge in [-0.25, -0.2) is 4.79 Å². The monoisotopic (exact) mass is 301 g/mol. The van der Waals surface area contributed by atoms with Crippen molar-refractivity contribution >= 4 is 11.9 Å². The highest BCUT2D eigenvalue weighted by atomic mass is 16.4. The van der Waals surface area contributed by atoms with Crippen molar-refractivity contribution in [3.05, 3.63) is 12.2 Å². The molecule has 3 atom stereocenters. The number of rotatable bonds is 11. The summed E-state index contributed by atoms with van der Waals surface area (Å²) in [4.78, 5) is 22.4. The predicted octanol–water partition coefficient (Wildman–Crippen LogP) is 0.501. The first-order valence-electron chi connectivity index (χ1n) is 7.35. The number of carboxylic acids is 2. The van der Waals surface area contributed by atoms with E-state index < -0.39 is 35.2 Å². The van der Waals surface area contributed by atoms with Crippen LogP contribution in [0.3, 0.4) is 0 Å². The van der Waals surface area contributed by atoms with Crippen LogP contribution in [0.5, 0.6) is 0 Å². The van der Waals surface area contributed by atoms with E-state index in [4.69, 9.17) is 0 Å². The smallest absolute Gasteiger partial charge is 0.362 e. The van der Waals surface area contributed by atoms with Crippen molar-refractivity contribution in [3.63, 3.8) is 0 Å². The summed E-state index contributed by atoms with van der Waals surface area (Å²) in [6.45, 7) is 4.54. The second-order valence-corrected chi connectivity index (χ2v) is 5.40. The Bertz CT molecular complexity index is 347. The lowest BCUT2D eigenvalue weighted by molar-refractivity contribution is -0.972. The first-order chi connectivity index (χ1) is 9.83. The van der Waals surface area contributed by atoms with Gasteiger partial charge < -0.3 is 20.1 Å². The highest BCUT2D eigenvalue weighted by Gasteiger charge is 2.43. The van der Waals surface area contributed by atoms with Crippen molar-refractivity contribution in [3.8, 4) is 0 Å². The maximum atomic E-state index is 11.3. The summed E-state index contributed by atoms with van der Waals surface area (Å²) in [5.74, 6) is -2.46. The van der Waals surface area contributed by atoms with Crippen LogP contribution in [-0.2, 0) is 9.59 Å². The number of unbranched alkanes of at least 4 members (excludes halogenated alkanes) is 3. The highest BCUT2D eigenvalue weighted by Crippen LogP contribution is 2.21. The maximum Gasteiger partial charge on any atom is 0.362 e. The molecule has 6 heteroatoms. The average Bonchev–Trinajstić information content (AvgIpc) is 2.45.